The lowest BCUT2D eigenvalue weighted by Crippen LogP contribution is -2.49. The van der Waals surface area contributed by atoms with Crippen LogP contribution in [0.4, 0.5) is 0 Å². The highest BCUT2D eigenvalue weighted by atomic mass is 35.5. The first-order valence-corrected chi connectivity index (χ1v) is 10.6. The van der Waals surface area contributed by atoms with Crippen LogP contribution >= 0.6 is 35.6 Å². The Hall–Kier alpha value is -2.05. The molecule has 0 spiro atoms. The van der Waals surface area contributed by atoms with Crippen molar-refractivity contribution in [3.63, 3.8) is 0 Å². The summed E-state index contributed by atoms with van der Waals surface area (Å²) in [6.07, 6.45) is 4.48. The number of carbonyl (C=O) groups is 1. The van der Waals surface area contributed by atoms with Gasteiger partial charge >= 0.3 is 0 Å². The number of halogens is 3. The summed E-state index contributed by atoms with van der Waals surface area (Å²) in [5.41, 5.74) is 4.97. The SMILES string of the molecule is C[C@H]1c2cccc(-c3cnn(C)c3)c2C[C@H](CO)N1C(=O)Cc1c(Cl)cccc1Cl.Cl. The predicted octanol–water partition coefficient (Wildman–Crippen LogP) is 4.87. The van der Waals surface area contributed by atoms with E-state index in [4.69, 9.17) is 23.2 Å². The second-order valence-corrected chi connectivity index (χ2v) is 8.48. The van der Waals surface area contributed by atoms with Crippen LogP contribution in [-0.2, 0) is 24.7 Å². The molecule has 164 valence electrons. The van der Waals surface area contributed by atoms with Gasteiger partial charge in [0.05, 0.1) is 31.3 Å². The Morgan fingerprint density at radius 3 is 2.48 bits per heavy atom. The van der Waals surface area contributed by atoms with Gasteiger partial charge < -0.3 is 10.0 Å². The van der Waals surface area contributed by atoms with Crippen LogP contribution in [-0.4, -0.2) is 38.3 Å². The molecule has 2 atom stereocenters. The number of aromatic nitrogens is 2. The third kappa shape index (κ3) is 4.46. The number of aliphatic hydroxyl groups excluding tert-OH is 1. The Labute approximate surface area is 198 Å². The molecule has 1 aromatic heterocycles. The van der Waals surface area contributed by atoms with E-state index in [0.29, 0.717) is 22.0 Å². The van der Waals surface area contributed by atoms with Crippen LogP contribution < -0.4 is 0 Å². The van der Waals surface area contributed by atoms with Crippen LogP contribution in [0.1, 0.15) is 29.7 Å². The van der Waals surface area contributed by atoms with Crippen molar-refractivity contribution in [3.05, 3.63) is 75.5 Å². The molecule has 0 saturated carbocycles. The zero-order valence-electron chi connectivity index (χ0n) is 17.3. The first-order valence-electron chi connectivity index (χ1n) is 9.86. The van der Waals surface area contributed by atoms with Crippen molar-refractivity contribution in [1.82, 2.24) is 14.7 Å². The van der Waals surface area contributed by atoms with Crippen molar-refractivity contribution < 1.29 is 9.90 Å². The molecule has 8 heteroatoms. The zero-order valence-corrected chi connectivity index (χ0v) is 19.6. The fourth-order valence-corrected chi connectivity index (χ4v) is 4.90. The minimum absolute atomic E-state index is 0. The number of aliphatic hydroxyl groups is 1. The summed E-state index contributed by atoms with van der Waals surface area (Å²) >= 11 is 12.6. The smallest absolute Gasteiger partial charge is 0.227 e. The minimum Gasteiger partial charge on any atom is -0.394 e. The fourth-order valence-electron chi connectivity index (χ4n) is 4.37. The molecule has 31 heavy (non-hydrogen) atoms. The third-order valence-electron chi connectivity index (χ3n) is 5.82. The van der Waals surface area contributed by atoms with E-state index in [0.717, 1.165) is 22.3 Å². The van der Waals surface area contributed by atoms with E-state index in [1.54, 1.807) is 27.8 Å². The summed E-state index contributed by atoms with van der Waals surface area (Å²) in [7, 11) is 1.89. The largest absolute Gasteiger partial charge is 0.394 e. The Kier molecular flexibility index (Phi) is 7.32. The van der Waals surface area contributed by atoms with Crippen LogP contribution in [0, 0.1) is 0 Å². The molecule has 1 aliphatic rings. The second kappa shape index (κ2) is 9.61. The second-order valence-electron chi connectivity index (χ2n) is 7.67. The monoisotopic (exact) mass is 479 g/mol. The van der Waals surface area contributed by atoms with Crippen molar-refractivity contribution >= 4 is 41.5 Å². The number of fused-ring (bicyclic) bond motifs is 1. The number of carbonyl (C=O) groups excluding carboxylic acids is 1. The van der Waals surface area contributed by atoms with Gasteiger partial charge in [0.1, 0.15) is 0 Å². The molecule has 0 unspecified atom stereocenters. The van der Waals surface area contributed by atoms with Crippen molar-refractivity contribution in [2.45, 2.75) is 31.8 Å². The first kappa shape index (κ1) is 23.6. The predicted molar refractivity (Wildman–Crippen MR) is 126 cm³/mol. The Balaban J connectivity index is 0.00000272. The van der Waals surface area contributed by atoms with Crippen LogP contribution in [0.25, 0.3) is 11.1 Å². The van der Waals surface area contributed by atoms with Crippen LogP contribution in [0.15, 0.2) is 48.8 Å². The van der Waals surface area contributed by atoms with Crippen LogP contribution in [0.3, 0.4) is 0 Å². The maximum absolute atomic E-state index is 13.3. The van der Waals surface area contributed by atoms with Crippen molar-refractivity contribution in [1.29, 1.82) is 0 Å². The van der Waals surface area contributed by atoms with Gasteiger partial charge in [0.15, 0.2) is 0 Å². The lowest BCUT2D eigenvalue weighted by molar-refractivity contribution is -0.137. The van der Waals surface area contributed by atoms with E-state index >= 15 is 0 Å². The number of amides is 1. The van der Waals surface area contributed by atoms with Gasteiger partial charge in [-0.2, -0.15) is 5.10 Å². The van der Waals surface area contributed by atoms with Gasteiger partial charge in [-0.1, -0.05) is 47.5 Å². The number of hydrogen-bond acceptors (Lipinski definition) is 3. The molecular formula is C23H24Cl3N3O2. The third-order valence-corrected chi connectivity index (χ3v) is 6.53. The summed E-state index contributed by atoms with van der Waals surface area (Å²) in [4.78, 5) is 15.1. The molecule has 1 N–H and O–H groups in total. The maximum atomic E-state index is 13.3. The average molecular weight is 481 g/mol. The lowest BCUT2D eigenvalue weighted by atomic mass is 9.84. The van der Waals surface area contributed by atoms with Gasteiger partial charge in [-0.05, 0) is 47.7 Å². The molecule has 0 radical (unpaired) electrons. The molecule has 0 saturated heterocycles. The highest BCUT2D eigenvalue weighted by Crippen LogP contribution is 2.39. The Morgan fingerprint density at radius 1 is 1.19 bits per heavy atom. The summed E-state index contributed by atoms with van der Waals surface area (Å²) in [6.45, 7) is 1.88. The zero-order chi connectivity index (χ0) is 21.4. The van der Waals surface area contributed by atoms with E-state index in [2.05, 4.69) is 17.2 Å². The molecule has 2 aromatic carbocycles. The van der Waals surface area contributed by atoms with Gasteiger partial charge in [0.25, 0.3) is 0 Å². The molecule has 4 rings (SSSR count). The summed E-state index contributed by atoms with van der Waals surface area (Å²) in [5.74, 6) is -0.103. The summed E-state index contributed by atoms with van der Waals surface area (Å²) in [5, 5.41) is 15.4. The average Bonchev–Trinajstić information content (AvgIpc) is 3.16. The van der Waals surface area contributed by atoms with Crippen molar-refractivity contribution in [3.8, 4) is 11.1 Å². The molecule has 0 fully saturated rings. The molecule has 0 aliphatic carbocycles. The standard InChI is InChI=1S/C23H23Cl2N3O2.ClH/c1-14-17-5-3-6-18(15-11-26-27(2)12-15)19(17)9-16(13-29)28(14)23(30)10-20-21(24)7-4-8-22(20)25;/h3-8,11-12,14,16,29H,9-10,13H2,1-2H3;1H/t14-,16+;/m0./s1. The lowest BCUT2D eigenvalue weighted by Gasteiger charge is -2.42. The highest BCUT2D eigenvalue weighted by molar-refractivity contribution is 6.36. The summed E-state index contributed by atoms with van der Waals surface area (Å²) < 4.78 is 1.77. The maximum Gasteiger partial charge on any atom is 0.227 e. The number of rotatable bonds is 4. The number of aryl methyl sites for hydroxylation is 1. The number of nitrogens with zero attached hydrogens (tertiary/aromatic N) is 3. The molecule has 1 amide bonds. The number of hydrogen-bond donors (Lipinski definition) is 1. The van der Waals surface area contributed by atoms with Gasteiger partial charge in [0, 0.05) is 28.9 Å². The molecule has 0 bridgehead atoms. The molecule has 2 heterocycles. The van der Waals surface area contributed by atoms with Gasteiger partial charge in [-0.25, -0.2) is 0 Å². The quantitative estimate of drug-likeness (QED) is 0.580. The van der Waals surface area contributed by atoms with E-state index in [9.17, 15) is 9.90 Å². The van der Waals surface area contributed by atoms with E-state index in [1.807, 2.05) is 32.4 Å². The Bertz CT molecular complexity index is 1080. The van der Waals surface area contributed by atoms with Crippen molar-refractivity contribution in [2.24, 2.45) is 7.05 Å². The van der Waals surface area contributed by atoms with Crippen LogP contribution in [0.2, 0.25) is 10.0 Å². The molecule has 3 aromatic rings. The van der Waals surface area contributed by atoms with E-state index < -0.39 is 0 Å². The van der Waals surface area contributed by atoms with Gasteiger partial charge in [-0.3, -0.25) is 9.48 Å². The van der Waals surface area contributed by atoms with Crippen LogP contribution in [0.5, 0.6) is 0 Å². The van der Waals surface area contributed by atoms with Gasteiger partial charge in [-0.15, -0.1) is 12.4 Å². The topological polar surface area (TPSA) is 58.4 Å². The molecule has 1 aliphatic heterocycles. The first-order chi connectivity index (χ1) is 14.4. The fraction of sp³-hybridized carbons (Fsp3) is 0.304. The normalized spacial score (nSPS) is 17.8. The summed E-state index contributed by atoms with van der Waals surface area (Å²) in [6, 6.07) is 10.8. The Morgan fingerprint density at radius 2 is 1.87 bits per heavy atom. The molecule has 5 nitrogen and oxygen atoms in total. The highest BCUT2D eigenvalue weighted by Gasteiger charge is 2.36. The molecular weight excluding hydrogens is 457 g/mol. The van der Waals surface area contributed by atoms with Gasteiger partial charge in [0.2, 0.25) is 5.91 Å². The van der Waals surface area contributed by atoms with Crippen molar-refractivity contribution in [2.75, 3.05) is 6.61 Å². The van der Waals surface area contributed by atoms with E-state index in [-0.39, 0.29) is 43.4 Å². The number of benzene rings is 2. The minimum atomic E-state index is -0.320. The van der Waals surface area contributed by atoms with E-state index in [1.165, 1.54) is 0 Å².